The van der Waals surface area contributed by atoms with Gasteiger partial charge in [-0.3, -0.25) is 9.36 Å². The number of unbranched alkanes of at least 4 members (excludes halogenated alkanes) is 8. The molecule has 1 saturated carbocycles. The van der Waals surface area contributed by atoms with E-state index in [1.807, 2.05) is 0 Å². The summed E-state index contributed by atoms with van der Waals surface area (Å²) in [5.41, 5.74) is 1.32. The van der Waals surface area contributed by atoms with Gasteiger partial charge in [-0.25, -0.2) is 15.0 Å². The second kappa shape index (κ2) is 10.1. The van der Waals surface area contributed by atoms with Crippen molar-refractivity contribution in [1.82, 2.24) is 19.5 Å². The number of hydrogen-bond acceptors (Lipinski definition) is 9. The number of hydrogen-bond donors (Lipinski definition) is 3. The van der Waals surface area contributed by atoms with E-state index in [9.17, 15) is 15.0 Å². The van der Waals surface area contributed by atoms with E-state index in [2.05, 4.69) is 27.8 Å². The van der Waals surface area contributed by atoms with Crippen LogP contribution in [0.5, 0.6) is 0 Å². The third kappa shape index (κ3) is 4.48. The van der Waals surface area contributed by atoms with E-state index >= 15 is 0 Å². The third-order valence-corrected chi connectivity index (χ3v) is 7.31. The number of imidazole rings is 1. The molecule has 0 unspecified atom stereocenters. The van der Waals surface area contributed by atoms with Crippen molar-refractivity contribution in [3.8, 4) is 12.3 Å². The molecule has 0 aromatic carbocycles. The van der Waals surface area contributed by atoms with Crippen molar-refractivity contribution in [1.29, 1.82) is 0 Å². The van der Waals surface area contributed by atoms with Crippen molar-refractivity contribution in [3.05, 3.63) is 12.7 Å². The summed E-state index contributed by atoms with van der Waals surface area (Å²) in [5.74, 6) is 2.10. The highest BCUT2D eigenvalue weighted by Gasteiger charge is 2.86. The minimum absolute atomic E-state index is 0.0479. The fourth-order valence-electron chi connectivity index (χ4n) is 5.04. The van der Waals surface area contributed by atoms with Crippen molar-refractivity contribution in [3.63, 3.8) is 0 Å². The summed E-state index contributed by atoms with van der Waals surface area (Å²) in [7, 11) is 0. The molecule has 10 nitrogen and oxygen atoms in total. The highest BCUT2D eigenvalue weighted by atomic mass is 16.6. The number of ether oxygens (including phenoxy) is 2. The zero-order valence-electron chi connectivity index (χ0n) is 20.3. The van der Waals surface area contributed by atoms with Crippen molar-refractivity contribution in [2.45, 2.75) is 101 Å². The van der Waals surface area contributed by atoms with E-state index in [4.69, 9.17) is 21.6 Å². The molecule has 1 aliphatic carbocycles. The van der Waals surface area contributed by atoms with Crippen molar-refractivity contribution in [2.75, 3.05) is 12.3 Å². The van der Waals surface area contributed by atoms with Gasteiger partial charge in [0.25, 0.3) is 0 Å². The Morgan fingerprint density at radius 2 is 1.89 bits per heavy atom. The van der Waals surface area contributed by atoms with E-state index in [1.54, 1.807) is 0 Å². The molecule has 0 radical (unpaired) electrons. The standard InChI is InChI=1S/C25H35N5O5/c1-3-5-6-7-8-9-10-11-12-13-18(31)34-15-23-14-25(23,33)24(32,4-2)22(35-23)30-17-29-19-20(26)27-16-28-21(19)30/h2,16-17,22,32-33H,3,5-15H2,1H3,(H2,26,27,28)/t22-,23-,24+,25-/m1/s1. The van der Waals surface area contributed by atoms with E-state index < -0.39 is 23.0 Å². The lowest BCUT2D eigenvalue weighted by atomic mass is 9.92. The summed E-state index contributed by atoms with van der Waals surface area (Å²) in [6.45, 7) is 2.01. The highest BCUT2D eigenvalue weighted by molar-refractivity contribution is 5.81. The Morgan fingerprint density at radius 3 is 2.57 bits per heavy atom. The largest absolute Gasteiger partial charge is 0.462 e. The maximum Gasteiger partial charge on any atom is 0.305 e. The molecule has 4 atom stereocenters. The number of carbonyl (C=O) groups excluding carboxylic acids is 1. The molecule has 2 aromatic heterocycles. The van der Waals surface area contributed by atoms with Gasteiger partial charge in [-0.1, -0.05) is 64.2 Å². The summed E-state index contributed by atoms with van der Waals surface area (Å²) in [6.07, 6.45) is 17.8. The topological polar surface area (TPSA) is 146 Å². The number of nitrogens with zero attached hydrogens (tertiary/aromatic N) is 4. The van der Waals surface area contributed by atoms with Crippen LogP contribution in [0.1, 0.15) is 83.8 Å². The minimum Gasteiger partial charge on any atom is -0.462 e. The molecule has 190 valence electrons. The van der Waals surface area contributed by atoms with Crippen LogP contribution in [0.25, 0.3) is 11.2 Å². The summed E-state index contributed by atoms with van der Waals surface area (Å²) in [6, 6.07) is 0. The van der Waals surface area contributed by atoms with E-state index in [0.717, 1.165) is 19.3 Å². The SMILES string of the molecule is C#C[C@]1(O)[C@H](n2cnc3c(N)ncnc32)O[C@@]2(COC(=O)CCCCCCCCCCC)C[C@@]21O. The number of rotatable bonds is 13. The number of aliphatic hydroxyl groups is 2. The summed E-state index contributed by atoms with van der Waals surface area (Å²) >= 11 is 0. The molecule has 3 heterocycles. The van der Waals surface area contributed by atoms with Gasteiger partial charge in [0.15, 0.2) is 17.7 Å². The molecule has 0 amide bonds. The van der Waals surface area contributed by atoms with Crippen molar-refractivity contribution >= 4 is 23.0 Å². The maximum atomic E-state index is 12.3. The summed E-state index contributed by atoms with van der Waals surface area (Å²) < 4.78 is 12.9. The van der Waals surface area contributed by atoms with Crippen molar-refractivity contribution in [2.24, 2.45) is 0 Å². The van der Waals surface area contributed by atoms with Gasteiger partial charge in [-0.2, -0.15) is 0 Å². The number of carbonyl (C=O) groups is 1. The lowest BCUT2D eigenvalue weighted by molar-refractivity contribution is -0.154. The van der Waals surface area contributed by atoms with Crippen LogP contribution in [0, 0.1) is 12.3 Å². The van der Waals surface area contributed by atoms with Crippen LogP contribution < -0.4 is 5.73 Å². The van der Waals surface area contributed by atoms with Crippen LogP contribution in [0.3, 0.4) is 0 Å². The Kier molecular flexibility index (Phi) is 7.31. The monoisotopic (exact) mass is 485 g/mol. The molecule has 2 aliphatic rings. The first-order valence-corrected chi connectivity index (χ1v) is 12.5. The molecule has 0 bridgehead atoms. The molecule has 10 heteroatoms. The van der Waals surface area contributed by atoms with E-state index in [1.165, 1.54) is 55.7 Å². The summed E-state index contributed by atoms with van der Waals surface area (Å²) in [4.78, 5) is 24.6. The van der Waals surface area contributed by atoms with Crippen LogP contribution in [0.4, 0.5) is 5.82 Å². The Balaban J connectivity index is 1.30. The van der Waals surface area contributed by atoms with Gasteiger partial charge in [0.1, 0.15) is 29.7 Å². The smallest absolute Gasteiger partial charge is 0.305 e. The van der Waals surface area contributed by atoms with Crippen molar-refractivity contribution < 1.29 is 24.5 Å². The minimum atomic E-state index is -2.08. The number of anilines is 1. The maximum absolute atomic E-state index is 12.3. The quantitative estimate of drug-likeness (QED) is 0.221. The molecule has 4 rings (SSSR count). The zero-order chi connectivity index (χ0) is 25.1. The highest BCUT2D eigenvalue weighted by Crippen LogP contribution is 2.67. The zero-order valence-corrected chi connectivity index (χ0v) is 20.3. The first-order chi connectivity index (χ1) is 16.8. The van der Waals surface area contributed by atoms with Crippen LogP contribution >= 0.6 is 0 Å². The second-order valence-corrected chi connectivity index (χ2v) is 9.73. The number of fused-ring (bicyclic) bond motifs is 2. The average Bonchev–Trinajstić information content (AvgIpc) is 3.14. The van der Waals surface area contributed by atoms with Gasteiger partial charge in [0.2, 0.25) is 5.60 Å². The summed E-state index contributed by atoms with van der Waals surface area (Å²) in [5, 5.41) is 22.5. The number of terminal acetylenes is 1. The van der Waals surface area contributed by atoms with Gasteiger partial charge < -0.3 is 25.4 Å². The molecule has 1 saturated heterocycles. The first kappa shape index (κ1) is 25.4. The Morgan fingerprint density at radius 1 is 1.20 bits per heavy atom. The van der Waals surface area contributed by atoms with Crippen LogP contribution in [0.15, 0.2) is 12.7 Å². The Bertz CT molecular complexity index is 1100. The number of nitrogens with two attached hydrogens (primary N) is 1. The van der Waals surface area contributed by atoms with E-state index in [-0.39, 0.29) is 24.8 Å². The van der Waals surface area contributed by atoms with Gasteiger partial charge in [-0.05, 0) is 6.42 Å². The van der Waals surface area contributed by atoms with Gasteiger partial charge in [-0.15, -0.1) is 6.42 Å². The van der Waals surface area contributed by atoms with Gasteiger partial charge in [0, 0.05) is 12.8 Å². The lowest BCUT2D eigenvalue weighted by Gasteiger charge is -2.29. The van der Waals surface area contributed by atoms with Crippen LogP contribution in [0.2, 0.25) is 0 Å². The number of aromatic nitrogens is 4. The molecule has 2 fully saturated rings. The normalized spacial score (nSPS) is 29.1. The van der Waals surface area contributed by atoms with Crippen LogP contribution in [-0.2, 0) is 14.3 Å². The fraction of sp³-hybridized carbons (Fsp3) is 0.680. The molecule has 2 aromatic rings. The van der Waals surface area contributed by atoms with E-state index in [0.29, 0.717) is 17.6 Å². The fourth-order valence-corrected chi connectivity index (χ4v) is 5.04. The second-order valence-electron chi connectivity index (χ2n) is 9.73. The van der Waals surface area contributed by atoms with Crippen LogP contribution in [-0.4, -0.2) is 59.1 Å². The number of esters is 1. The molecule has 1 aliphatic heterocycles. The first-order valence-electron chi connectivity index (χ1n) is 12.5. The molecule has 4 N–H and O–H groups in total. The van der Waals surface area contributed by atoms with Gasteiger partial charge >= 0.3 is 5.97 Å². The Hall–Kier alpha value is -2.74. The molecule has 0 spiro atoms. The van der Waals surface area contributed by atoms with Gasteiger partial charge in [0.05, 0.1) is 6.33 Å². The average molecular weight is 486 g/mol. The number of nitrogen functional groups attached to an aromatic ring is 1. The lowest BCUT2D eigenvalue weighted by Crippen LogP contribution is -2.48. The third-order valence-electron chi connectivity index (χ3n) is 7.31. The Labute approximate surface area is 205 Å². The predicted octanol–water partition coefficient (Wildman–Crippen LogP) is 2.64. The molecule has 35 heavy (non-hydrogen) atoms. The molecular formula is C25H35N5O5. The predicted molar refractivity (Wildman–Crippen MR) is 129 cm³/mol. The molecular weight excluding hydrogens is 450 g/mol.